The van der Waals surface area contributed by atoms with Crippen molar-refractivity contribution in [3.63, 3.8) is 0 Å². The van der Waals surface area contributed by atoms with E-state index in [1.807, 2.05) is 6.26 Å². The molecule has 2 aromatic rings. The zero-order chi connectivity index (χ0) is 23.9. The predicted octanol–water partition coefficient (Wildman–Crippen LogP) is 3.36. The number of aryl methyl sites for hydroxylation is 2. The molecular formula is C22H35N5O3S2. The highest BCUT2D eigenvalue weighted by Crippen LogP contribution is 2.21. The number of carbonyl (C=O) groups excluding carboxylic acids is 1. The molecule has 8 nitrogen and oxygen atoms in total. The molecule has 1 aromatic heterocycles. The van der Waals surface area contributed by atoms with Crippen LogP contribution in [0, 0.1) is 12.8 Å². The minimum atomic E-state index is -3.63. The molecule has 0 aliphatic carbocycles. The highest BCUT2D eigenvalue weighted by atomic mass is 32.2. The topological polar surface area (TPSA) is 97.2 Å². The lowest BCUT2D eigenvalue weighted by Crippen LogP contribution is -2.31. The van der Waals surface area contributed by atoms with Crippen LogP contribution < -0.4 is 5.32 Å². The summed E-state index contributed by atoms with van der Waals surface area (Å²) in [6.07, 6.45) is 3.41. The van der Waals surface area contributed by atoms with Crippen molar-refractivity contribution in [2.45, 2.75) is 64.1 Å². The molecule has 0 spiro atoms. The average molecular weight is 482 g/mol. The van der Waals surface area contributed by atoms with Crippen molar-refractivity contribution in [3.05, 3.63) is 35.2 Å². The van der Waals surface area contributed by atoms with Crippen LogP contribution in [0.5, 0.6) is 0 Å². The molecule has 1 heterocycles. The summed E-state index contributed by atoms with van der Waals surface area (Å²) in [5.74, 6) is 1.12. The molecular weight excluding hydrogens is 446 g/mol. The van der Waals surface area contributed by atoms with Crippen molar-refractivity contribution in [1.29, 1.82) is 0 Å². The van der Waals surface area contributed by atoms with Gasteiger partial charge in [-0.25, -0.2) is 8.42 Å². The number of thioether (sulfide) groups is 1. The molecule has 1 aromatic carbocycles. The third kappa shape index (κ3) is 6.32. The fourth-order valence-corrected chi connectivity index (χ4v) is 5.71. The number of nitrogens with one attached hydrogen (secondary N) is 1. The van der Waals surface area contributed by atoms with Crippen molar-refractivity contribution in [3.8, 4) is 0 Å². The fraction of sp³-hybridized carbons (Fsp3) is 0.591. The SMILES string of the molecule is CCN(CC)S(=O)(=O)c1cc(C(=O)NCCCc2nnc(SC)n2CC(C)C)ccc1C. The summed E-state index contributed by atoms with van der Waals surface area (Å²) in [4.78, 5) is 12.8. The maximum absolute atomic E-state index is 12.9. The highest BCUT2D eigenvalue weighted by Gasteiger charge is 2.24. The van der Waals surface area contributed by atoms with Crippen LogP contribution in [0.4, 0.5) is 0 Å². The van der Waals surface area contributed by atoms with Gasteiger partial charge in [-0.15, -0.1) is 10.2 Å². The first kappa shape index (κ1) is 26.3. The van der Waals surface area contributed by atoms with Crippen LogP contribution in [-0.4, -0.2) is 59.3 Å². The van der Waals surface area contributed by atoms with Crippen LogP contribution in [-0.2, 0) is 23.0 Å². The zero-order valence-electron chi connectivity index (χ0n) is 19.9. The number of carbonyl (C=O) groups is 1. The van der Waals surface area contributed by atoms with E-state index in [9.17, 15) is 13.2 Å². The van der Waals surface area contributed by atoms with Gasteiger partial charge in [-0.1, -0.05) is 45.5 Å². The average Bonchev–Trinajstić information content (AvgIpc) is 3.12. The molecule has 10 heteroatoms. The van der Waals surface area contributed by atoms with E-state index in [2.05, 4.69) is 33.9 Å². The Morgan fingerprint density at radius 1 is 1.22 bits per heavy atom. The van der Waals surface area contributed by atoms with Gasteiger partial charge in [0.25, 0.3) is 5.91 Å². The van der Waals surface area contributed by atoms with Crippen LogP contribution in [0.15, 0.2) is 28.3 Å². The highest BCUT2D eigenvalue weighted by molar-refractivity contribution is 7.98. The van der Waals surface area contributed by atoms with Gasteiger partial charge in [-0.05, 0) is 43.2 Å². The Morgan fingerprint density at radius 3 is 2.50 bits per heavy atom. The summed E-state index contributed by atoms with van der Waals surface area (Å²) in [5.41, 5.74) is 0.969. The van der Waals surface area contributed by atoms with E-state index in [1.54, 1.807) is 44.7 Å². The van der Waals surface area contributed by atoms with Crippen LogP contribution in [0.2, 0.25) is 0 Å². The quantitative estimate of drug-likeness (QED) is 0.369. The van der Waals surface area contributed by atoms with Crippen LogP contribution in [0.25, 0.3) is 0 Å². The summed E-state index contributed by atoms with van der Waals surface area (Å²) in [6, 6.07) is 4.82. The van der Waals surface area contributed by atoms with Gasteiger partial charge in [0, 0.05) is 38.2 Å². The van der Waals surface area contributed by atoms with E-state index in [4.69, 9.17) is 0 Å². The Kier molecular flexibility index (Phi) is 9.72. The van der Waals surface area contributed by atoms with E-state index in [-0.39, 0.29) is 10.8 Å². The molecule has 32 heavy (non-hydrogen) atoms. The number of amides is 1. The Morgan fingerprint density at radius 2 is 1.91 bits per heavy atom. The third-order valence-corrected chi connectivity index (χ3v) is 8.02. The molecule has 0 aliphatic heterocycles. The summed E-state index contributed by atoms with van der Waals surface area (Å²) < 4.78 is 29.4. The number of hydrogen-bond acceptors (Lipinski definition) is 6. The smallest absolute Gasteiger partial charge is 0.251 e. The number of hydrogen-bond donors (Lipinski definition) is 1. The molecule has 1 amide bonds. The Bertz CT molecular complexity index is 1010. The molecule has 0 bridgehead atoms. The number of aromatic nitrogens is 3. The van der Waals surface area contributed by atoms with Gasteiger partial charge < -0.3 is 9.88 Å². The molecule has 0 atom stereocenters. The van der Waals surface area contributed by atoms with Crippen molar-refractivity contribution >= 4 is 27.7 Å². The fourth-order valence-electron chi connectivity index (χ4n) is 3.48. The summed E-state index contributed by atoms with van der Waals surface area (Å²) >= 11 is 1.58. The van der Waals surface area contributed by atoms with Crippen molar-refractivity contribution in [1.82, 2.24) is 24.4 Å². The van der Waals surface area contributed by atoms with Gasteiger partial charge >= 0.3 is 0 Å². The molecule has 0 fully saturated rings. The monoisotopic (exact) mass is 481 g/mol. The first-order valence-corrected chi connectivity index (χ1v) is 13.7. The van der Waals surface area contributed by atoms with Gasteiger partial charge in [0.1, 0.15) is 5.82 Å². The van der Waals surface area contributed by atoms with E-state index in [0.717, 1.165) is 17.5 Å². The summed E-state index contributed by atoms with van der Waals surface area (Å²) in [6.45, 7) is 11.8. The van der Waals surface area contributed by atoms with Gasteiger partial charge in [0.05, 0.1) is 4.90 Å². The molecule has 0 unspecified atom stereocenters. The van der Waals surface area contributed by atoms with Crippen LogP contribution in [0.1, 0.15) is 55.9 Å². The van der Waals surface area contributed by atoms with E-state index >= 15 is 0 Å². The van der Waals surface area contributed by atoms with Crippen molar-refractivity contribution < 1.29 is 13.2 Å². The number of rotatable bonds is 12. The molecule has 2 rings (SSSR count). The van der Waals surface area contributed by atoms with Crippen LogP contribution in [0.3, 0.4) is 0 Å². The minimum absolute atomic E-state index is 0.181. The molecule has 0 radical (unpaired) electrons. The number of nitrogens with zero attached hydrogens (tertiary/aromatic N) is 4. The Labute approximate surface area is 196 Å². The third-order valence-electron chi connectivity index (χ3n) is 5.16. The second-order valence-electron chi connectivity index (χ2n) is 8.04. The van der Waals surface area contributed by atoms with E-state index < -0.39 is 10.0 Å². The number of sulfonamides is 1. The second kappa shape index (κ2) is 11.8. The minimum Gasteiger partial charge on any atom is -0.352 e. The first-order chi connectivity index (χ1) is 15.1. The molecule has 0 saturated carbocycles. The van der Waals surface area contributed by atoms with Crippen molar-refractivity contribution in [2.24, 2.45) is 5.92 Å². The van der Waals surface area contributed by atoms with Gasteiger partial charge in [-0.3, -0.25) is 4.79 Å². The largest absolute Gasteiger partial charge is 0.352 e. The van der Waals surface area contributed by atoms with Crippen LogP contribution >= 0.6 is 11.8 Å². The molecule has 178 valence electrons. The van der Waals surface area contributed by atoms with E-state index in [1.165, 1.54) is 10.4 Å². The lowest BCUT2D eigenvalue weighted by Gasteiger charge is -2.20. The molecule has 0 aliphatic rings. The van der Waals surface area contributed by atoms with Gasteiger partial charge in [0.2, 0.25) is 10.0 Å². The van der Waals surface area contributed by atoms with Crippen molar-refractivity contribution in [2.75, 3.05) is 25.9 Å². The standard InChI is InChI=1S/C22H35N5O3S2/c1-7-26(8-2)32(29,30)19-14-18(12-11-17(19)5)21(28)23-13-9-10-20-24-25-22(31-6)27(20)15-16(3)4/h11-12,14,16H,7-10,13,15H2,1-6H3,(H,23,28). The maximum Gasteiger partial charge on any atom is 0.251 e. The van der Waals surface area contributed by atoms with E-state index in [0.29, 0.717) is 49.5 Å². The first-order valence-electron chi connectivity index (χ1n) is 11.0. The summed E-state index contributed by atoms with van der Waals surface area (Å²) in [5, 5.41) is 12.3. The normalized spacial score (nSPS) is 12.0. The van der Waals surface area contributed by atoms with Gasteiger partial charge in [-0.2, -0.15) is 4.31 Å². The lowest BCUT2D eigenvalue weighted by atomic mass is 10.1. The predicted molar refractivity (Wildman–Crippen MR) is 129 cm³/mol. The maximum atomic E-state index is 12.9. The summed E-state index contributed by atoms with van der Waals surface area (Å²) in [7, 11) is -3.63. The second-order valence-corrected chi connectivity index (χ2v) is 10.7. The number of benzene rings is 1. The van der Waals surface area contributed by atoms with Gasteiger partial charge in [0.15, 0.2) is 5.16 Å². The molecule has 0 saturated heterocycles. The zero-order valence-corrected chi connectivity index (χ0v) is 21.5. The Balaban J connectivity index is 2.04. The lowest BCUT2D eigenvalue weighted by molar-refractivity contribution is 0.0953. The Hall–Kier alpha value is -1.91. The molecule has 1 N–H and O–H groups in total.